The third-order valence-electron chi connectivity index (χ3n) is 1.59. The second-order valence-electron chi connectivity index (χ2n) is 2.50. The van der Waals surface area contributed by atoms with Crippen LogP contribution in [-0.2, 0) is 0 Å². The van der Waals surface area contributed by atoms with Crippen molar-refractivity contribution in [1.82, 2.24) is 0 Å². The third kappa shape index (κ3) is 2.50. The van der Waals surface area contributed by atoms with E-state index in [0.29, 0.717) is 16.9 Å². The van der Waals surface area contributed by atoms with Gasteiger partial charge in [0, 0.05) is 10.6 Å². The Morgan fingerprint density at radius 3 is 2.50 bits per heavy atom. The van der Waals surface area contributed by atoms with Crippen LogP contribution < -0.4 is 0 Å². The summed E-state index contributed by atoms with van der Waals surface area (Å²) in [6.45, 7) is 0.104. The maximum absolute atomic E-state index is 8.74. The lowest BCUT2D eigenvalue weighted by atomic mass is 10.1. The minimum atomic E-state index is 0.104. The van der Waals surface area contributed by atoms with Crippen LogP contribution in [0.4, 0.5) is 0 Å². The second kappa shape index (κ2) is 5.29. The molecular weight excluding hydrogens is 196 g/mol. The van der Waals surface area contributed by atoms with E-state index >= 15 is 0 Å². The van der Waals surface area contributed by atoms with Crippen LogP contribution in [0, 0.1) is 22.7 Å². The van der Waals surface area contributed by atoms with Gasteiger partial charge in [-0.05, 0) is 18.2 Å². The lowest BCUT2D eigenvalue weighted by molar-refractivity contribution is 0.322. The van der Waals surface area contributed by atoms with Gasteiger partial charge in [0.15, 0.2) is 0 Å². The fourth-order valence-electron chi connectivity index (χ4n) is 0.967. The molecule has 70 valence electrons. The first-order valence-corrected chi connectivity index (χ1v) is 4.98. The first-order valence-electron chi connectivity index (χ1n) is 3.99. The van der Waals surface area contributed by atoms with Crippen molar-refractivity contribution in [2.24, 2.45) is 0 Å². The molecule has 0 aliphatic carbocycles. The molecule has 1 N–H and O–H groups in total. The van der Waals surface area contributed by atoms with Crippen LogP contribution in [0.1, 0.15) is 11.1 Å². The highest BCUT2D eigenvalue weighted by atomic mass is 32.2. The lowest BCUT2D eigenvalue weighted by Gasteiger charge is -2.00. The predicted octanol–water partition coefficient (Wildman–Crippen LogP) is 1.51. The van der Waals surface area contributed by atoms with E-state index in [-0.39, 0.29) is 6.61 Å². The SMILES string of the molecule is N#Cc1ccc(SCCO)cc1C#N. The van der Waals surface area contributed by atoms with E-state index in [1.165, 1.54) is 11.8 Å². The molecule has 0 radical (unpaired) electrons. The average molecular weight is 204 g/mol. The van der Waals surface area contributed by atoms with E-state index < -0.39 is 0 Å². The zero-order chi connectivity index (χ0) is 10.4. The molecule has 1 rings (SSSR count). The van der Waals surface area contributed by atoms with E-state index in [2.05, 4.69) is 0 Å². The Bertz CT molecular complexity index is 404. The van der Waals surface area contributed by atoms with Crippen molar-refractivity contribution in [3.8, 4) is 12.1 Å². The van der Waals surface area contributed by atoms with Crippen molar-refractivity contribution in [1.29, 1.82) is 10.5 Å². The Morgan fingerprint density at radius 2 is 1.93 bits per heavy atom. The monoisotopic (exact) mass is 204 g/mol. The Labute approximate surface area is 86.6 Å². The quantitative estimate of drug-likeness (QED) is 0.758. The van der Waals surface area contributed by atoms with Crippen LogP contribution in [0.15, 0.2) is 23.1 Å². The van der Waals surface area contributed by atoms with Gasteiger partial charge in [-0.15, -0.1) is 11.8 Å². The van der Waals surface area contributed by atoms with E-state index in [1.807, 2.05) is 12.1 Å². The maximum atomic E-state index is 8.74. The molecule has 4 heteroatoms. The zero-order valence-corrected chi connectivity index (χ0v) is 8.21. The highest BCUT2D eigenvalue weighted by Crippen LogP contribution is 2.20. The maximum Gasteiger partial charge on any atom is 0.101 e. The van der Waals surface area contributed by atoms with Crippen LogP contribution in [0.5, 0.6) is 0 Å². The van der Waals surface area contributed by atoms with Gasteiger partial charge in [0.25, 0.3) is 0 Å². The van der Waals surface area contributed by atoms with E-state index in [4.69, 9.17) is 15.6 Å². The molecule has 1 aromatic carbocycles. The fourth-order valence-corrected chi connectivity index (χ4v) is 1.66. The molecule has 0 bridgehead atoms. The number of hydrogen-bond acceptors (Lipinski definition) is 4. The molecule has 0 unspecified atom stereocenters. The average Bonchev–Trinajstić information content (AvgIpc) is 2.25. The number of aliphatic hydroxyl groups is 1. The molecule has 0 atom stereocenters. The lowest BCUT2D eigenvalue weighted by Crippen LogP contribution is -1.88. The van der Waals surface area contributed by atoms with Crippen LogP contribution >= 0.6 is 11.8 Å². The number of nitrogens with zero attached hydrogens (tertiary/aromatic N) is 2. The van der Waals surface area contributed by atoms with E-state index in [1.54, 1.807) is 18.2 Å². The molecule has 0 amide bonds. The molecule has 0 spiro atoms. The molecule has 14 heavy (non-hydrogen) atoms. The van der Waals surface area contributed by atoms with Gasteiger partial charge in [0.2, 0.25) is 0 Å². The minimum absolute atomic E-state index is 0.104. The number of nitriles is 2. The van der Waals surface area contributed by atoms with Crippen molar-refractivity contribution in [3.63, 3.8) is 0 Å². The number of rotatable bonds is 3. The topological polar surface area (TPSA) is 67.8 Å². The van der Waals surface area contributed by atoms with Gasteiger partial charge >= 0.3 is 0 Å². The smallest absolute Gasteiger partial charge is 0.101 e. The van der Waals surface area contributed by atoms with Gasteiger partial charge in [-0.1, -0.05) is 0 Å². The molecule has 0 aliphatic rings. The van der Waals surface area contributed by atoms with Crippen molar-refractivity contribution in [3.05, 3.63) is 29.3 Å². The Balaban J connectivity index is 2.93. The number of benzene rings is 1. The Hall–Kier alpha value is -1.49. The van der Waals surface area contributed by atoms with Crippen LogP contribution in [0.2, 0.25) is 0 Å². The van der Waals surface area contributed by atoms with E-state index in [0.717, 1.165) is 4.90 Å². The summed E-state index contributed by atoms with van der Waals surface area (Å²) in [5.41, 5.74) is 0.774. The summed E-state index contributed by atoms with van der Waals surface area (Å²) in [6, 6.07) is 8.98. The van der Waals surface area contributed by atoms with Gasteiger partial charge in [0.05, 0.1) is 17.7 Å². The van der Waals surface area contributed by atoms with Gasteiger partial charge in [-0.3, -0.25) is 0 Å². The van der Waals surface area contributed by atoms with Gasteiger partial charge in [-0.2, -0.15) is 10.5 Å². The van der Waals surface area contributed by atoms with Crippen molar-refractivity contribution >= 4 is 11.8 Å². The van der Waals surface area contributed by atoms with E-state index in [9.17, 15) is 0 Å². The third-order valence-corrected chi connectivity index (χ3v) is 2.57. The minimum Gasteiger partial charge on any atom is -0.396 e. The zero-order valence-electron chi connectivity index (χ0n) is 7.40. The summed E-state index contributed by atoms with van der Waals surface area (Å²) in [7, 11) is 0. The molecule has 0 aliphatic heterocycles. The molecule has 0 fully saturated rings. The van der Waals surface area contributed by atoms with Crippen molar-refractivity contribution < 1.29 is 5.11 Å². The van der Waals surface area contributed by atoms with Gasteiger partial charge < -0.3 is 5.11 Å². The van der Waals surface area contributed by atoms with Crippen molar-refractivity contribution in [2.75, 3.05) is 12.4 Å². The highest BCUT2D eigenvalue weighted by molar-refractivity contribution is 7.99. The molecule has 0 saturated carbocycles. The largest absolute Gasteiger partial charge is 0.396 e. The number of hydrogen-bond donors (Lipinski definition) is 1. The van der Waals surface area contributed by atoms with Crippen LogP contribution in [0.25, 0.3) is 0 Å². The van der Waals surface area contributed by atoms with Gasteiger partial charge in [0.1, 0.15) is 12.1 Å². The fraction of sp³-hybridized carbons (Fsp3) is 0.200. The molecule has 1 aromatic rings. The van der Waals surface area contributed by atoms with Gasteiger partial charge in [-0.25, -0.2) is 0 Å². The summed E-state index contributed by atoms with van der Waals surface area (Å²) in [5.74, 6) is 0.594. The molecule has 0 heterocycles. The first kappa shape index (κ1) is 10.6. The van der Waals surface area contributed by atoms with Crippen molar-refractivity contribution in [2.45, 2.75) is 4.90 Å². The number of aliphatic hydroxyl groups excluding tert-OH is 1. The Kier molecular flexibility index (Phi) is 4.00. The first-order chi connectivity index (χ1) is 6.81. The highest BCUT2D eigenvalue weighted by Gasteiger charge is 2.02. The van der Waals surface area contributed by atoms with Crippen LogP contribution in [0.3, 0.4) is 0 Å². The summed E-state index contributed by atoms with van der Waals surface area (Å²) >= 11 is 1.46. The Morgan fingerprint density at radius 1 is 1.21 bits per heavy atom. The molecule has 0 saturated heterocycles. The molecule has 3 nitrogen and oxygen atoms in total. The summed E-state index contributed by atoms with van der Waals surface area (Å²) in [4.78, 5) is 0.898. The number of thioether (sulfide) groups is 1. The summed E-state index contributed by atoms with van der Waals surface area (Å²) in [6.07, 6.45) is 0. The summed E-state index contributed by atoms with van der Waals surface area (Å²) < 4.78 is 0. The molecular formula is C10H8N2OS. The summed E-state index contributed by atoms with van der Waals surface area (Å²) in [5, 5.41) is 26.0. The second-order valence-corrected chi connectivity index (χ2v) is 3.67. The van der Waals surface area contributed by atoms with Crippen LogP contribution in [-0.4, -0.2) is 17.5 Å². The standard InChI is InChI=1S/C10H8N2OS/c11-6-8-1-2-10(14-4-3-13)5-9(8)7-12/h1-2,5,13H,3-4H2. The normalized spacial score (nSPS) is 9.07. The molecule has 0 aromatic heterocycles. The predicted molar refractivity (Wildman–Crippen MR) is 53.7 cm³/mol.